The van der Waals surface area contributed by atoms with E-state index in [1.807, 2.05) is 0 Å². The number of ether oxygens (including phenoxy) is 1. The molecule has 0 aromatic heterocycles. The van der Waals surface area contributed by atoms with E-state index in [9.17, 15) is 17.6 Å². The summed E-state index contributed by atoms with van der Waals surface area (Å²) in [5.74, 6) is -0.628. The molecule has 0 atom stereocenters. The summed E-state index contributed by atoms with van der Waals surface area (Å²) in [7, 11) is -2.37. The van der Waals surface area contributed by atoms with Gasteiger partial charge in [-0.05, 0) is 61.5 Å². The van der Waals surface area contributed by atoms with Gasteiger partial charge in [-0.2, -0.15) is 4.31 Å². The Morgan fingerprint density at radius 2 is 1.78 bits per heavy atom. The molecular weight excluding hydrogens is 455 g/mol. The smallest absolute Gasteiger partial charge is 0.255 e. The summed E-state index contributed by atoms with van der Waals surface area (Å²) >= 11 is 5.86. The van der Waals surface area contributed by atoms with Crippen LogP contribution in [-0.2, 0) is 16.6 Å². The third-order valence-corrected chi connectivity index (χ3v) is 6.73. The number of carbonyl (C=O) groups is 1. The van der Waals surface area contributed by atoms with Crippen LogP contribution in [-0.4, -0.2) is 32.3 Å². The number of halogens is 2. The zero-order chi connectivity index (χ0) is 23.3. The van der Waals surface area contributed by atoms with Gasteiger partial charge >= 0.3 is 0 Å². The Morgan fingerprint density at radius 3 is 2.44 bits per heavy atom. The summed E-state index contributed by atoms with van der Waals surface area (Å²) in [6.07, 6.45) is 0. The Kier molecular flexibility index (Phi) is 7.50. The van der Waals surface area contributed by atoms with Gasteiger partial charge in [0.05, 0.1) is 17.2 Å². The van der Waals surface area contributed by atoms with Gasteiger partial charge in [-0.1, -0.05) is 23.7 Å². The fraction of sp³-hybridized carbons (Fsp3) is 0.174. The van der Waals surface area contributed by atoms with Crippen molar-refractivity contribution in [2.75, 3.05) is 19.0 Å². The number of nitrogens with zero attached hydrogens (tertiary/aromatic N) is 1. The van der Waals surface area contributed by atoms with Crippen molar-refractivity contribution in [2.45, 2.75) is 18.4 Å². The molecule has 0 saturated heterocycles. The minimum Gasteiger partial charge on any atom is -0.494 e. The quantitative estimate of drug-likeness (QED) is 0.499. The molecule has 1 N–H and O–H groups in total. The van der Waals surface area contributed by atoms with Crippen molar-refractivity contribution in [3.63, 3.8) is 0 Å². The van der Waals surface area contributed by atoms with Crippen LogP contribution in [0.15, 0.2) is 71.6 Å². The molecule has 3 aromatic rings. The van der Waals surface area contributed by atoms with Gasteiger partial charge in [0, 0.05) is 29.7 Å². The van der Waals surface area contributed by atoms with E-state index in [0.29, 0.717) is 22.9 Å². The number of sulfonamides is 1. The van der Waals surface area contributed by atoms with Gasteiger partial charge < -0.3 is 10.1 Å². The number of para-hydroxylation sites is 1. The largest absolute Gasteiger partial charge is 0.494 e. The first kappa shape index (κ1) is 23.7. The van der Waals surface area contributed by atoms with Crippen molar-refractivity contribution in [1.82, 2.24) is 4.31 Å². The molecule has 3 aromatic carbocycles. The number of nitrogens with one attached hydrogen (secondary N) is 1. The normalized spacial score (nSPS) is 11.4. The Labute approximate surface area is 191 Å². The van der Waals surface area contributed by atoms with Crippen LogP contribution in [0.2, 0.25) is 5.02 Å². The van der Waals surface area contributed by atoms with E-state index in [1.165, 1.54) is 55.6 Å². The SMILES string of the molecule is CCOc1ccc(C(=O)Nc2ccccc2F)cc1CN(C)S(=O)(=O)c1ccc(Cl)cc1. The highest BCUT2D eigenvalue weighted by atomic mass is 35.5. The maximum Gasteiger partial charge on any atom is 0.255 e. The van der Waals surface area contributed by atoms with E-state index in [1.54, 1.807) is 25.1 Å². The number of anilines is 1. The molecule has 1 amide bonds. The number of carbonyl (C=O) groups excluding carboxylic acids is 1. The van der Waals surface area contributed by atoms with E-state index in [2.05, 4.69) is 5.32 Å². The minimum atomic E-state index is -3.80. The van der Waals surface area contributed by atoms with Crippen LogP contribution in [0.1, 0.15) is 22.8 Å². The van der Waals surface area contributed by atoms with E-state index in [-0.39, 0.29) is 22.7 Å². The molecular formula is C23H22ClFN2O4S. The number of benzene rings is 3. The minimum absolute atomic E-state index is 0.0406. The molecule has 0 fully saturated rings. The standard InChI is InChI=1S/C23H22ClFN2O4S/c1-3-31-22-13-8-16(23(28)26-21-7-5-4-6-20(21)25)14-17(22)15-27(2)32(29,30)19-11-9-18(24)10-12-19/h4-14H,3,15H2,1-2H3,(H,26,28). The third-order valence-electron chi connectivity index (χ3n) is 4.66. The molecule has 6 nitrogen and oxygen atoms in total. The van der Waals surface area contributed by atoms with Crippen molar-refractivity contribution in [3.05, 3.63) is 88.7 Å². The van der Waals surface area contributed by atoms with E-state index in [0.717, 1.165) is 4.31 Å². The van der Waals surface area contributed by atoms with Crippen LogP contribution in [0, 0.1) is 5.82 Å². The summed E-state index contributed by atoms with van der Waals surface area (Å²) in [5.41, 5.74) is 0.785. The van der Waals surface area contributed by atoms with Gasteiger partial charge in [0.2, 0.25) is 10.0 Å². The van der Waals surface area contributed by atoms with Gasteiger partial charge in [-0.15, -0.1) is 0 Å². The molecule has 0 heterocycles. The lowest BCUT2D eigenvalue weighted by Gasteiger charge is -2.20. The Bertz CT molecular complexity index is 1220. The maximum atomic E-state index is 13.9. The molecule has 0 spiro atoms. The Hall–Kier alpha value is -2.94. The van der Waals surface area contributed by atoms with Gasteiger partial charge in [-0.25, -0.2) is 12.8 Å². The zero-order valence-electron chi connectivity index (χ0n) is 17.5. The maximum absolute atomic E-state index is 13.9. The number of rotatable bonds is 8. The monoisotopic (exact) mass is 476 g/mol. The third kappa shape index (κ3) is 5.45. The summed E-state index contributed by atoms with van der Waals surface area (Å²) in [4.78, 5) is 12.8. The predicted molar refractivity (Wildman–Crippen MR) is 122 cm³/mol. The van der Waals surface area contributed by atoms with Gasteiger partial charge in [0.25, 0.3) is 5.91 Å². The number of amides is 1. The predicted octanol–water partition coefficient (Wildman–Crippen LogP) is 4.95. The van der Waals surface area contributed by atoms with Crippen LogP contribution >= 0.6 is 11.6 Å². The molecule has 3 rings (SSSR count). The van der Waals surface area contributed by atoms with Crippen molar-refractivity contribution < 1.29 is 22.3 Å². The molecule has 168 valence electrons. The van der Waals surface area contributed by atoms with Gasteiger partial charge in [-0.3, -0.25) is 4.79 Å². The highest BCUT2D eigenvalue weighted by Gasteiger charge is 2.23. The molecule has 0 radical (unpaired) electrons. The second-order valence-electron chi connectivity index (χ2n) is 6.90. The summed E-state index contributed by atoms with van der Waals surface area (Å²) in [6.45, 7) is 2.12. The van der Waals surface area contributed by atoms with Crippen LogP contribution < -0.4 is 10.1 Å². The molecule has 32 heavy (non-hydrogen) atoms. The molecule has 0 bridgehead atoms. The lowest BCUT2D eigenvalue weighted by atomic mass is 10.1. The van der Waals surface area contributed by atoms with Crippen LogP contribution in [0.5, 0.6) is 5.75 Å². The lowest BCUT2D eigenvalue weighted by Crippen LogP contribution is -2.27. The van der Waals surface area contributed by atoms with Crippen LogP contribution in [0.3, 0.4) is 0 Å². The van der Waals surface area contributed by atoms with Crippen molar-refractivity contribution in [2.24, 2.45) is 0 Å². The zero-order valence-corrected chi connectivity index (χ0v) is 19.1. The summed E-state index contributed by atoms with van der Waals surface area (Å²) < 4.78 is 46.5. The highest BCUT2D eigenvalue weighted by Crippen LogP contribution is 2.26. The van der Waals surface area contributed by atoms with Crippen molar-refractivity contribution >= 4 is 33.2 Å². The molecule has 0 aliphatic rings. The summed E-state index contributed by atoms with van der Waals surface area (Å²) in [6, 6.07) is 16.4. The molecule has 9 heteroatoms. The molecule has 0 unspecified atom stereocenters. The van der Waals surface area contributed by atoms with Gasteiger partial charge in [0.15, 0.2) is 0 Å². The van der Waals surface area contributed by atoms with Crippen molar-refractivity contribution in [1.29, 1.82) is 0 Å². The molecule has 0 aliphatic heterocycles. The van der Waals surface area contributed by atoms with E-state index >= 15 is 0 Å². The average Bonchev–Trinajstić information content (AvgIpc) is 2.77. The Balaban J connectivity index is 1.88. The van der Waals surface area contributed by atoms with Crippen LogP contribution in [0.4, 0.5) is 10.1 Å². The second-order valence-corrected chi connectivity index (χ2v) is 9.39. The van der Waals surface area contributed by atoms with E-state index in [4.69, 9.17) is 16.3 Å². The fourth-order valence-electron chi connectivity index (χ4n) is 3.01. The fourth-order valence-corrected chi connectivity index (χ4v) is 4.28. The lowest BCUT2D eigenvalue weighted by molar-refractivity contribution is 0.102. The van der Waals surface area contributed by atoms with Crippen LogP contribution in [0.25, 0.3) is 0 Å². The molecule has 0 saturated carbocycles. The summed E-state index contributed by atoms with van der Waals surface area (Å²) in [5, 5.41) is 2.95. The molecule has 0 aliphatic carbocycles. The van der Waals surface area contributed by atoms with Gasteiger partial charge in [0.1, 0.15) is 11.6 Å². The average molecular weight is 477 g/mol. The first-order valence-electron chi connectivity index (χ1n) is 9.76. The number of hydrogen-bond acceptors (Lipinski definition) is 4. The Morgan fingerprint density at radius 1 is 1.09 bits per heavy atom. The highest BCUT2D eigenvalue weighted by molar-refractivity contribution is 7.89. The second kappa shape index (κ2) is 10.1. The topological polar surface area (TPSA) is 75.7 Å². The first-order valence-corrected chi connectivity index (χ1v) is 11.6. The first-order chi connectivity index (χ1) is 15.2. The number of hydrogen-bond donors (Lipinski definition) is 1. The van der Waals surface area contributed by atoms with E-state index < -0.39 is 21.7 Å². The van der Waals surface area contributed by atoms with Crippen molar-refractivity contribution in [3.8, 4) is 5.75 Å².